The molecule has 1 amide bonds. The Morgan fingerprint density at radius 2 is 1.76 bits per heavy atom. The van der Waals surface area contributed by atoms with Crippen LogP contribution in [0, 0.1) is 13.8 Å². The Morgan fingerprint density at radius 3 is 2.49 bits per heavy atom. The zero-order valence-electron chi connectivity index (χ0n) is 28.9. The van der Waals surface area contributed by atoms with E-state index in [9.17, 15) is 4.79 Å². The zero-order chi connectivity index (χ0) is 34.9. The van der Waals surface area contributed by atoms with E-state index in [0.717, 1.165) is 27.8 Å². The van der Waals surface area contributed by atoms with Gasteiger partial charge in [-0.05, 0) is 51.3 Å². The Balaban J connectivity index is 1.45. The first-order valence-corrected chi connectivity index (χ1v) is 16.5. The van der Waals surface area contributed by atoms with Gasteiger partial charge >= 0.3 is 6.09 Å². The average molecular weight is 679 g/mol. The first-order chi connectivity index (χ1) is 23.6. The fourth-order valence-corrected chi connectivity index (χ4v) is 7.30. The van der Waals surface area contributed by atoms with Crippen molar-refractivity contribution >= 4 is 6.09 Å². The SMILES string of the molecule is C=CCOC(=O)N[C@@H](Cc1cc(C)c(OC)c(OCC=C)c1)C1OC[C@H]2c3c4c(c(C)c(OCC=C)c3[C@H]3OC(C)(C)OC[C@H]3N12)OCO4. The molecule has 0 radical (unpaired) electrons. The Labute approximate surface area is 287 Å². The summed E-state index contributed by atoms with van der Waals surface area (Å²) < 4.78 is 55.2. The summed E-state index contributed by atoms with van der Waals surface area (Å²) in [5.74, 6) is 2.29. The van der Waals surface area contributed by atoms with E-state index in [-0.39, 0.29) is 25.5 Å². The molecule has 49 heavy (non-hydrogen) atoms. The summed E-state index contributed by atoms with van der Waals surface area (Å²) in [6.45, 7) is 20.4. The van der Waals surface area contributed by atoms with E-state index in [4.69, 9.17) is 42.6 Å². The van der Waals surface area contributed by atoms with Gasteiger partial charge in [-0.25, -0.2) is 4.79 Å². The third-order valence-electron chi connectivity index (χ3n) is 9.16. The number of nitrogens with zero attached hydrogens (tertiary/aromatic N) is 1. The fourth-order valence-electron chi connectivity index (χ4n) is 7.30. The maximum absolute atomic E-state index is 13.2. The second-order valence-corrected chi connectivity index (χ2v) is 12.8. The van der Waals surface area contributed by atoms with E-state index in [1.54, 1.807) is 19.3 Å². The van der Waals surface area contributed by atoms with Crippen LogP contribution < -0.4 is 29.0 Å². The van der Waals surface area contributed by atoms with Crippen LogP contribution in [-0.2, 0) is 25.4 Å². The number of aryl methyl sites for hydroxylation is 1. The lowest BCUT2D eigenvalue weighted by atomic mass is 9.82. The van der Waals surface area contributed by atoms with Crippen LogP contribution in [0.5, 0.6) is 28.7 Å². The van der Waals surface area contributed by atoms with Crippen molar-refractivity contribution in [2.45, 2.75) is 70.4 Å². The maximum Gasteiger partial charge on any atom is 0.407 e. The molecule has 4 aliphatic rings. The molecule has 0 bridgehead atoms. The summed E-state index contributed by atoms with van der Waals surface area (Å²) in [6, 6.07) is 2.76. The standard InChI is InChI=1S/C37H46N2O10/c1-9-12-42-27-17-23(15-21(4)30(27)41-8)16-24(38-36(40)44-14-11-3)35-39-25(18-45-35)28-29(33-26(39)19-48-37(6,7)49-33)31(43-13-10-2)22(5)32-34(28)47-20-46-32/h9-11,15,17,24-26,33,35H,1-3,12-14,16,18-20H2,4-8H3,(H,38,40)/t24-,25-,26+,33-,35?/m0/s1. The number of hydrogen-bond donors (Lipinski definition) is 1. The quantitative estimate of drug-likeness (QED) is 0.267. The minimum atomic E-state index is -0.879. The largest absolute Gasteiger partial charge is 0.493 e. The minimum absolute atomic E-state index is 0.0583. The number of benzene rings is 2. The number of rotatable bonds is 13. The van der Waals surface area contributed by atoms with Crippen molar-refractivity contribution in [2.75, 3.05) is 46.9 Å². The number of nitrogens with one attached hydrogen (secondary N) is 1. The zero-order valence-corrected chi connectivity index (χ0v) is 28.9. The molecule has 0 saturated carbocycles. The predicted molar refractivity (Wildman–Crippen MR) is 181 cm³/mol. The second kappa shape index (κ2) is 14.3. The number of alkyl carbamates (subject to hydrolysis) is 1. The fraction of sp³-hybridized carbons (Fsp3) is 0.486. The molecule has 0 aliphatic carbocycles. The summed E-state index contributed by atoms with van der Waals surface area (Å²) in [6.07, 6.45) is 3.59. The van der Waals surface area contributed by atoms with Gasteiger partial charge in [0.05, 0.1) is 38.4 Å². The van der Waals surface area contributed by atoms with Crippen molar-refractivity contribution in [2.24, 2.45) is 0 Å². The summed E-state index contributed by atoms with van der Waals surface area (Å²) in [5.41, 5.74) is 4.39. The van der Waals surface area contributed by atoms with E-state index < -0.39 is 30.3 Å². The van der Waals surface area contributed by atoms with E-state index in [1.807, 2.05) is 39.8 Å². The van der Waals surface area contributed by atoms with E-state index in [1.165, 1.54) is 6.08 Å². The Kier molecular flexibility index (Phi) is 10.1. The maximum atomic E-state index is 13.2. The molecule has 5 atom stereocenters. The summed E-state index contributed by atoms with van der Waals surface area (Å²) in [5, 5.41) is 3.09. The average Bonchev–Trinajstić information content (AvgIpc) is 3.74. The van der Waals surface area contributed by atoms with Gasteiger partial charge in [0, 0.05) is 16.7 Å². The summed E-state index contributed by atoms with van der Waals surface area (Å²) in [7, 11) is 1.61. The van der Waals surface area contributed by atoms with Crippen LogP contribution in [0.1, 0.15) is 53.8 Å². The lowest BCUT2D eigenvalue weighted by Crippen LogP contribution is -2.61. The Morgan fingerprint density at radius 1 is 1.02 bits per heavy atom. The highest BCUT2D eigenvalue weighted by Gasteiger charge is 2.57. The van der Waals surface area contributed by atoms with Crippen molar-refractivity contribution in [3.63, 3.8) is 0 Å². The number of carbonyl (C=O) groups is 1. The Hall–Kier alpha value is -4.23. The van der Waals surface area contributed by atoms with Crippen LogP contribution >= 0.6 is 0 Å². The van der Waals surface area contributed by atoms with Crippen LogP contribution in [0.25, 0.3) is 0 Å². The first kappa shape index (κ1) is 34.6. The van der Waals surface area contributed by atoms with Crippen molar-refractivity contribution in [1.29, 1.82) is 0 Å². The van der Waals surface area contributed by atoms with Crippen LogP contribution in [0.2, 0.25) is 0 Å². The molecule has 1 N–H and O–H groups in total. The highest BCUT2D eigenvalue weighted by atomic mass is 16.7. The molecule has 4 aliphatic heterocycles. The highest BCUT2D eigenvalue weighted by Crippen LogP contribution is 2.59. The third kappa shape index (κ3) is 6.58. The predicted octanol–water partition coefficient (Wildman–Crippen LogP) is 5.60. The highest BCUT2D eigenvalue weighted by molar-refractivity contribution is 5.68. The molecule has 264 valence electrons. The van der Waals surface area contributed by atoms with Gasteiger partial charge in [0.1, 0.15) is 37.9 Å². The van der Waals surface area contributed by atoms with E-state index in [2.05, 4.69) is 30.0 Å². The van der Waals surface area contributed by atoms with E-state index >= 15 is 0 Å². The van der Waals surface area contributed by atoms with Crippen molar-refractivity contribution in [3.8, 4) is 28.7 Å². The lowest BCUT2D eigenvalue weighted by Gasteiger charge is -2.51. The lowest BCUT2D eigenvalue weighted by molar-refractivity contribution is -0.306. The van der Waals surface area contributed by atoms with Gasteiger partial charge in [-0.15, -0.1) is 0 Å². The molecule has 2 fully saturated rings. The van der Waals surface area contributed by atoms with Gasteiger partial charge in [-0.2, -0.15) is 0 Å². The summed E-state index contributed by atoms with van der Waals surface area (Å²) >= 11 is 0. The van der Waals surface area contributed by atoms with Crippen LogP contribution in [-0.4, -0.2) is 82.0 Å². The van der Waals surface area contributed by atoms with E-state index in [0.29, 0.717) is 61.6 Å². The molecule has 2 saturated heterocycles. The molecule has 2 aromatic rings. The number of hydrogen-bond acceptors (Lipinski definition) is 11. The molecular formula is C37H46N2O10. The van der Waals surface area contributed by atoms with Gasteiger partial charge in [-0.3, -0.25) is 4.90 Å². The van der Waals surface area contributed by atoms with Gasteiger partial charge in [0.2, 0.25) is 6.79 Å². The molecule has 0 spiro atoms. The number of carbonyl (C=O) groups excluding carboxylic acids is 1. The minimum Gasteiger partial charge on any atom is -0.493 e. The van der Waals surface area contributed by atoms with Crippen LogP contribution in [0.4, 0.5) is 4.79 Å². The molecule has 0 aromatic heterocycles. The monoisotopic (exact) mass is 678 g/mol. The van der Waals surface area contributed by atoms with Crippen molar-refractivity contribution in [3.05, 3.63) is 77.9 Å². The smallest absolute Gasteiger partial charge is 0.407 e. The molecule has 1 unspecified atom stereocenters. The molecule has 6 rings (SSSR count). The topological polar surface area (TPSA) is 115 Å². The molecule has 12 heteroatoms. The van der Waals surface area contributed by atoms with Crippen molar-refractivity contribution in [1.82, 2.24) is 10.2 Å². The number of ether oxygens (including phenoxy) is 9. The van der Waals surface area contributed by atoms with Gasteiger partial charge < -0.3 is 47.9 Å². The Bertz CT molecular complexity index is 1610. The molecule has 4 heterocycles. The number of amides is 1. The van der Waals surface area contributed by atoms with Crippen LogP contribution in [0.15, 0.2) is 50.1 Å². The van der Waals surface area contributed by atoms with Crippen molar-refractivity contribution < 1.29 is 47.4 Å². The van der Waals surface area contributed by atoms with Gasteiger partial charge in [0.25, 0.3) is 0 Å². The third-order valence-corrected chi connectivity index (χ3v) is 9.16. The van der Waals surface area contributed by atoms with Gasteiger partial charge in [-0.1, -0.05) is 44.0 Å². The number of fused-ring (bicyclic) bond motifs is 8. The number of methoxy groups -OCH3 is 1. The van der Waals surface area contributed by atoms with Gasteiger partial charge in [0.15, 0.2) is 28.8 Å². The molecule has 2 aromatic carbocycles. The normalized spacial score (nSPS) is 23.7. The molecular weight excluding hydrogens is 632 g/mol. The molecule has 12 nitrogen and oxygen atoms in total. The van der Waals surface area contributed by atoms with Crippen LogP contribution in [0.3, 0.4) is 0 Å². The summed E-state index contributed by atoms with van der Waals surface area (Å²) in [4.78, 5) is 15.4. The second-order valence-electron chi connectivity index (χ2n) is 12.8. The first-order valence-electron chi connectivity index (χ1n) is 16.5.